The van der Waals surface area contributed by atoms with E-state index in [1.807, 2.05) is 23.8 Å². The van der Waals surface area contributed by atoms with Crippen molar-refractivity contribution >= 4 is 17.2 Å². The van der Waals surface area contributed by atoms with Gasteiger partial charge in [0.2, 0.25) is 17.7 Å². The molecule has 0 spiro atoms. The summed E-state index contributed by atoms with van der Waals surface area (Å²) in [6.45, 7) is 5.13. The van der Waals surface area contributed by atoms with E-state index in [2.05, 4.69) is 10.2 Å². The monoisotopic (exact) mass is 307 g/mol. The van der Waals surface area contributed by atoms with Crippen LogP contribution in [0.1, 0.15) is 36.2 Å². The van der Waals surface area contributed by atoms with Crippen molar-refractivity contribution in [2.75, 3.05) is 19.8 Å². The van der Waals surface area contributed by atoms with Crippen molar-refractivity contribution in [3.63, 3.8) is 0 Å². The summed E-state index contributed by atoms with van der Waals surface area (Å²) < 4.78 is 11.0. The molecule has 3 heterocycles. The Morgan fingerprint density at radius 3 is 3.05 bits per heavy atom. The molecule has 6 nitrogen and oxygen atoms in total. The molecule has 0 unspecified atom stereocenters. The predicted octanol–water partition coefficient (Wildman–Crippen LogP) is 2.14. The molecule has 7 heteroatoms. The normalized spacial score (nSPS) is 20.5. The van der Waals surface area contributed by atoms with Crippen LogP contribution in [0, 0.1) is 6.92 Å². The number of aromatic nitrogens is 2. The molecule has 3 rings (SSSR count). The molecule has 1 aliphatic rings. The number of nitrogens with zero attached hydrogens (tertiary/aromatic N) is 3. The van der Waals surface area contributed by atoms with Crippen molar-refractivity contribution in [2.24, 2.45) is 0 Å². The molecule has 1 saturated heterocycles. The summed E-state index contributed by atoms with van der Waals surface area (Å²) >= 11 is 1.60. The van der Waals surface area contributed by atoms with E-state index in [9.17, 15) is 4.79 Å². The number of hydrogen-bond acceptors (Lipinski definition) is 6. The summed E-state index contributed by atoms with van der Waals surface area (Å²) in [5.41, 5.74) is 1.04. The average molecular weight is 307 g/mol. The number of ether oxygens (including phenoxy) is 1. The third-order valence-electron chi connectivity index (χ3n) is 3.65. The van der Waals surface area contributed by atoms with E-state index in [1.165, 1.54) is 0 Å². The molecule has 0 radical (unpaired) electrons. The van der Waals surface area contributed by atoms with Gasteiger partial charge in [-0.15, -0.1) is 10.2 Å². The Morgan fingerprint density at radius 1 is 1.52 bits per heavy atom. The highest BCUT2D eigenvalue weighted by atomic mass is 32.1. The number of morpholine rings is 1. The lowest BCUT2D eigenvalue weighted by Crippen LogP contribution is -2.45. The second kappa shape index (κ2) is 5.95. The fourth-order valence-electron chi connectivity index (χ4n) is 2.43. The van der Waals surface area contributed by atoms with Crippen molar-refractivity contribution in [1.82, 2.24) is 15.1 Å². The van der Waals surface area contributed by atoms with E-state index < -0.39 is 0 Å². The van der Waals surface area contributed by atoms with Crippen LogP contribution in [0.5, 0.6) is 0 Å². The Kier molecular flexibility index (Phi) is 4.03. The lowest BCUT2D eigenvalue weighted by atomic mass is 10.0. The van der Waals surface area contributed by atoms with Gasteiger partial charge in [0.25, 0.3) is 0 Å². The van der Waals surface area contributed by atoms with Gasteiger partial charge in [0.15, 0.2) is 0 Å². The third-order valence-corrected chi connectivity index (χ3v) is 4.35. The van der Waals surface area contributed by atoms with E-state index in [1.54, 1.807) is 23.2 Å². The van der Waals surface area contributed by atoms with Gasteiger partial charge in [0, 0.05) is 13.5 Å². The zero-order valence-corrected chi connectivity index (χ0v) is 12.8. The van der Waals surface area contributed by atoms with E-state index in [0.717, 1.165) is 5.56 Å². The van der Waals surface area contributed by atoms with Crippen LogP contribution in [0.3, 0.4) is 0 Å². The molecular formula is C14H17N3O3S. The van der Waals surface area contributed by atoms with Crippen LogP contribution in [-0.2, 0) is 9.53 Å². The Hall–Kier alpha value is -1.73. The smallest absolute Gasteiger partial charge is 0.241 e. The summed E-state index contributed by atoms with van der Waals surface area (Å²) in [5, 5.41) is 11.9. The molecule has 0 saturated carbocycles. The topological polar surface area (TPSA) is 68.5 Å². The van der Waals surface area contributed by atoms with Crippen LogP contribution in [0.2, 0.25) is 0 Å². The van der Waals surface area contributed by atoms with Crippen LogP contribution in [-0.4, -0.2) is 40.8 Å². The SMILES string of the molecule is Cc1nnc([C@H]2COCCN2C(=O)[C@H](C)c2ccsc2)o1. The Bertz CT molecular complexity index is 611. The molecule has 2 atom stereocenters. The van der Waals surface area contributed by atoms with Crippen molar-refractivity contribution in [3.05, 3.63) is 34.2 Å². The number of aryl methyl sites for hydroxylation is 1. The van der Waals surface area contributed by atoms with Gasteiger partial charge in [-0.05, 0) is 29.3 Å². The standard InChI is InChI=1S/C14H17N3O3S/c1-9(11-3-6-21-8-11)14(18)17-4-5-19-7-12(17)13-16-15-10(2)20-13/h3,6,8-9,12H,4-5,7H2,1-2H3/t9-,12-/m1/s1. The maximum absolute atomic E-state index is 12.8. The van der Waals surface area contributed by atoms with E-state index in [4.69, 9.17) is 9.15 Å². The highest BCUT2D eigenvalue weighted by molar-refractivity contribution is 7.08. The van der Waals surface area contributed by atoms with Crippen LogP contribution in [0.4, 0.5) is 0 Å². The maximum atomic E-state index is 12.8. The minimum Gasteiger partial charge on any atom is -0.423 e. The molecule has 0 N–H and O–H groups in total. The van der Waals surface area contributed by atoms with Gasteiger partial charge in [-0.25, -0.2) is 0 Å². The summed E-state index contributed by atoms with van der Waals surface area (Å²) in [4.78, 5) is 14.6. The first kappa shape index (κ1) is 14.2. The predicted molar refractivity (Wildman–Crippen MR) is 77.0 cm³/mol. The molecule has 2 aromatic heterocycles. The van der Waals surface area contributed by atoms with Crippen LogP contribution >= 0.6 is 11.3 Å². The van der Waals surface area contributed by atoms with Crippen LogP contribution in [0.25, 0.3) is 0 Å². The highest BCUT2D eigenvalue weighted by Gasteiger charge is 2.34. The van der Waals surface area contributed by atoms with Gasteiger partial charge >= 0.3 is 0 Å². The van der Waals surface area contributed by atoms with Crippen molar-refractivity contribution in [2.45, 2.75) is 25.8 Å². The second-order valence-electron chi connectivity index (χ2n) is 5.06. The zero-order valence-electron chi connectivity index (χ0n) is 12.0. The Morgan fingerprint density at radius 2 is 2.38 bits per heavy atom. The van der Waals surface area contributed by atoms with E-state index in [-0.39, 0.29) is 17.9 Å². The second-order valence-corrected chi connectivity index (χ2v) is 5.84. The average Bonchev–Trinajstić information content (AvgIpc) is 3.17. The minimum atomic E-state index is -0.298. The summed E-state index contributed by atoms with van der Waals surface area (Å²) in [7, 11) is 0. The first-order chi connectivity index (χ1) is 10.2. The molecule has 1 amide bonds. The first-order valence-corrected chi connectivity index (χ1v) is 7.81. The van der Waals surface area contributed by atoms with Gasteiger partial charge < -0.3 is 14.1 Å². The lowest BCUT2D eigenvalue weighted by molar-refractivity contribution is -0.142. The molecule has 0 bridgehead atoms. The molecule has 1 fully saturated rings. The van der Waals surface area contributed by atoms with Crippen LogP contribution < -0.4 is 0 Å². The van der Waals surface area contributed by atoms with Crippen molar-refractivity contribution in [1.29, 1.82) is 0 Å². The minimum absolute atomic E-state index is 0.0672. The maximum Gasteiger partial charge on any atom is 0.241 e. The van der Waals surface area contributed by atoms with Gasteiger partial charge in [-0.1, -0.05) is 0 Å². The van der Waals surface area contributed by atoms with Crippen molar-refractivity contribution in [3.8, 4) is 0 Å². The number of rotatable bonds is 3. The van der Waals surface area contributed by atoms with E-state index in [0.29, 0.717) is 31.5 Å². The van der Waals surface area contributed by atoms with Gasteiger partial charge in [-0.3, -0.25) is 4.79 Å². The molecule has 0 aromatic carbocycles. The van der Waals surface area contributed by atoms with Gasteiger partial charge in [0.05, 0.1) is 19.1 Å². The lowest BCUT2D eigenvalue weighted by Gasteiger charge is -2.35. The fraction of sp³-hybridized carbons (Fsp3) is 0.500. The number of thiophene rings is 1. The molecule has 1 aliphatic heterocycles. The van der Waals surface area contributed by atoms with Crippen molar-refractivity contribution < 1.29 is 13.9 Å². The zero-order chi connectivity index (χ0) is 14.8. The van der Waals surface area contributed by atoms with Gasteiger partial charge in [-0.2, -0.15) is 11.3 Å². The fourth-order valence-corrected chi connectivity index (χ4v) is 3.19. The van der Waals surface area contributed by atoms with E-state index >= 15 is 0 Å². The number of amides is 1. The number of carbonyl (C=O) groups excluding carboxylic acids is 1. The molecular weight excluding hydrogens is 290 g/mol. The quantitative estimate of drug-likeness (QED) is 0.869. The molecule has 21 heavy (non-hydrogen) atoms. The molecule has 2 aromatic rings. The largest absolute Gasteiger partial charge is 0.423 e. The van der Waals surface area contributed by atoms with Crippen LogP contribution in [0.15, 0.2) is 21.2 Å². The summed E-state index contributed by atoms with van der Waals surface area (Å²) in [5.74, 6) is 0.824. The summed E-state index contributed by atoms with van der Waals surface area (Å²) in [6, 6.07) is 1.69. The number of hydrogen-bond donors (Lipinski definition) is 0. The molecule has 112 valence electrons. The Balaban J connectivity index is 1.82. The first-order valence-electron chi connectivity index (χ1n) is 6.87. The third kappa shape index (κ3) is 2.84. The summed E-state index contributed by atoms with van der Waals surface area (Å²) in [6.07, 6.45) is 0. The number of carbonyl (C=O) groups is 1. The molecule has 0 aliphatic carbocycles. The Labute approximate surface area is 126 Å². The van der Waals surface area contributed by atoms with Gasteiger partial charge in [0.1, 0.15) is 6.04 Å². The highest BCUT2D eigenvalue weighted by Crippen LogP contribution is 2.28.